The minimum Gasteiger partial charge on any atom is -0.368 e. The van der Waals surface area contributed by atoms with Crippen LogP contribution in [0.3, 0.4) is 0 Å². The lowest BCUT2D eigenvalue weighted by atomic mass is 10.0. The quantitative estimate of drug-likeness (QED) is 0.805. The topological polar surface area (TPSA) is 75.9 Å². The van der Waals surface area contributed by atoms with Gasteiger partial charge in [-0.05, 0) is 25.2 Å². The van der Waals surface area contributed by atoms with Crippen LogP contribution in [0, 0.1) is 5.92 Å². The van der Waals surface area contributed by atoms with E-state index in [0.29, 0.717) is 45.1 Å². The number of rotatable bonds is 4. The van der Waals surface area contributed by atoms with Gasteiger partial charge in [0.1, 0.15) is 6.10 Å². The first-order valence-electron chi connectivity index (χ1n) is 7.93. The highest BCUT2D eigenvalue weighted by Crippen LogP contribution is 2.16. The number of hydrogen-bond donors (Lipinski definition) is 1. The van der Waals surface area contributed by atoms with Crippen molar-refractivity contribution in [2.24, 2.45) is 11.7 Å². The summed E-state index contributed by atoms with van der Waals surface area (Å²) in [7, 11) is 0. The molecule has 0 aromatic heterocycles. The predicted octanol–water partition coefficient (Wildman–Crippen LogP) is 0.210. The van der Waals surface area contributed by atoms with Crippen LogP contribution in [0.5, 0.6) is 0 Å². The van der Waals surface area contributed by atoms with Crippen molar-refractivity contribution in [1.29, 1.82) is 0 Å². The van der Waals surface area contributed by atoms with Gasteiger partial charge in [0.2, 0.25) is 5.91 Å². The number of hydrogen-bond acceptors (Lipinski definition) is 4. The van der Waals surface area contributed by atoms with Crippen molar-refractivity contribution >= 4 is 11.8 Å². The molecule has 0 bridgehead atoms. The van der Waals surface area contributed by atoms with E-state index in [4.69, 9.17) is 10.5 Å². The van der Waals surface area contributed by atoms with E-state index in [0.717, 1.165) is 12.8 Å². The lowest BCUT2D eigenvalue weighted by Gasteiger charge is -2.36. The maximum Gasteiger partial charge on any atom is 0.251 e. The van der Waals surface area contributed by atoms with Crippen LogP contribution in [0.15, 0.2) is 0 Å². The van der Waals surface area contributed by atoms with E-state index < -0.39 is 6.04 Å². The minimum absolute atomic E-state index is 0.00733. The van der Waals surface area contributed by atoms with Crippen molar-refractivity contribution in [3.63, 3.8) is 0 Å². The summed E-state index contributed by atoms with van der Waals surface area (Å²) in [6, 6.07) is -0.426. The Kier molecular flexibility index (Phi) is 5.58. The highest BCUT2D eigenvalue weighted by atomic mass is 16.5. The number of carbonyl (C=O) groups excluding carboxylic acids is 2. The molecule has 2 aliphatic heterocycles. The summed E-state index contributed by atoms with van der Waals surface area (Å²) in [5.74, 6) is 0.491. The molecule has 2 aliphatic rings. The summed E-state index contributed by atoms with van der Waals surface area (Å²) in [6.07, 6.45) is 2.21. The largest absolute Gasteiger partial charge is 0.368 e. The monoisotopic (exact) mass is 297 g/mol. The fourth-order valence-corrected chi connectivity index (χ4v) is 2.97. The van der Waals surface area contributed by atoms with Gasteiger partial charge in [-0.1, -0.05) is 13.8 Å². The Hall–Kier alpha value is -1.14. The molecule has 2 fully saturated rings. The summed E-state index contributed by atoms with van der Waals surface area (Å²) < 4.78 is 5.43. The highest BCUT2D eigenvalue weighted by Gasteiger charge is 2.32. The second-order valence-electron chi connectivity index (χ2n) is 6.39. The van der Waals surface area contributed by atoms with Crippen molar-refractivity contribution in [2.45, 2.75) is 45.3 Å². The van der Waals surface area contributed by atoms with E-state index in [2.05, 4.69) is 13.8 Å². The summed E-state index contributed by atoms with van der Waals surface area (Å²) in [5, 5.41) is 0. The van der Waals surface area contributed by atoms with Gasteiger partial charge in [0.25, 0.3) is 5.91 Å². The molecule has 6 nitrogen and oxygen atoms in total. The molecule has 2 N–H and O–H groups in total. The molecule has 120 valence electrons. The predicted molar refractivity (Wildman–Crippen MR) is 79.6 cm³/mol. The average molecular weight is 297 g/mol. The summed E-state index contributed by atoms with van der Waals surface area (Å²) in [4.78, 5) is 28.1. The maximum absolute atomic E-state index is 12.2. The lowest BCUT2D eigenvalue weighted by Crippen LogP contribution is -2.55. The van der Waals surface area contributed by atoms with Crippen LogP contribution in [0.25, 0.3) is 0 Å². The Bertz CT molecular complexity index is 372. The molecule has 0 saturated carbocycles. The highest BCUT2D eigenvalue weighted by molar-refractivity contribution is 5.83. The molecule has 2 atom stereocenters. The van der Waals surface area contributed by atoms with E-state index in [1.165, 1.54) is 0 Å². The zero-order valence-electron chi connectivity index (χ0n) is 13.1. The first-order valence-corrected chi connectivity index (χ1v) is 7.93. The number of ether oxygens (including phenoxy) is 1. The molecule has 2 amide bonds. The van der Waals surface area contributed by atoms with Crippen LogP contribution in [0.2, 0.25) is 0 Å². The fourth-order valence-electron chi connectivity index (χ4n) is 2.97. The molecule has 0 spiro atoms. The first-order chi connectivity index (χ1) is 9.99. The molecule has 0 aromatic rings. The molecule has 0 aliphatic carbocycles. The van der Waals surface area contributed by atoms with E-state index in [9.17, 15) is 9.59 Å². The Labute approximate surface area is 126 Å². The van der Waals surface area contributed by atoms with Gasteiger partial charge in [0, 0.05) is 32.8 Å². The number of amides is 2. The molecule has 2 rings (SSSR count). The molecule has 2 heterocycles. The molecule has 2 unspecified atom stereocenters. The molecular weight excluding hydrogens is 270 g/mol. The fraction of sp³-hybridized carbons (Fsp3) is 0.867. The van der Waals surface area contributed by atoms with E-state index in [-0.39, 0.29) is 17.9 Å². The maximum atomic E-state index is 12.2. The van der Waals surface area contributed by atoms with Crippen LogP contribution in [-0.2, 0) is 14.3 Å². The molecule has 21 heavy (non-hydrogen) atoms. The van der Waals surface area contributed by atoms with Crippen LogP contribution in [0.4, 0.5) is 0 Å². The number of nitrogens with zero attached hydrogens (tertiary/aromatic N) is 2. The molecule has 0 radical (unpaired) electrons. The van der Waals surface area contributed by atoms with Gasteiger partial charge in [0.15, 0.2) is 0 Å². The van der Waals surface area contributed by atoms with Gasteiger partial charge in [-0.25, -0.2) is 0 Å². The van der Waals surface area contributed by atoms with Crippen molar-refractivity contribution in [3.8, 4) is 0 Å². The van der Waals surface area contributed by atoms with Crippen LogP contribution < -0.4 is 5.73 Å². The standard InChI is InChI=1S/C15H27N3O3/c1-11(2)10-12(16)14(19)17-5-7-18(8-6-17)15(20)13-4-3-9-21-13/h11-13H,3-10,16H2,1-2H3. The van der Waals surface area contributed by atoms with Crippen molar-refractivity contribution in [3.05, 3.63) is 0 Å². The first kappa shape index (κ1) is 16.2. The third kappa shape index (κ3) is 4.17. The second kappa shape index (κ2) is 7.22. The van der Waals surface area contributed by atoms with E-state index in [1.807, 2.05) is 4.90 Å². The Morgan fingerprint density at radius 3 is 2.33 bits per heavy atom. The Morgan fingerprint density at radius 2 is 1.81 bits per heavy atom. The van der Waals surface area contributed by atoms with Crippen LogP contribution >= 0.6 is 0 Å². The number of piperazine rings is 1. The van der Waals surface area contributed by atoms with E-state index >= 15 is 0 Å². The Morgan fingerprint density at radius 1 is 1.19 bits per heavy atom. The van der Waals surface area contributed by atoms with E-state index in [1.54, 1.807) is 4.90 Å². The smallest absolute Gasteiger partial charge is 0.251 e. The van der Waals surface area contributed by atoms with Gasteiger partial charge >= 0.3 is 0 Å². The van der Waals surface area contributed by atoms with Crippen LogP contribution in [-0.4, -0.2) is 66.5 Å². The molecular formula is C15H27N3O3. The zero-order chi connectivity index (χ0) is 15.4. The average Bonchev–Trinajstić information content (AvgIpc) is 2.99. The van der Waals surface area contributed by atoms with Crippen LogP contribution in [0.1, 0.15) is 33.1 Å². The normalized spacial score (nSPS) is 24.5. The van der Waals surface area contributed by atoms with Gasteiger partial charge in [-0.3, -0.25) is 9.59 Å². The summed E-state index contributed by atoms with van der Waals surface area (Å²) >= 11 is 0. The Balaban J connectivity index is 1.79. The zero-order valence-corrected chi connectivity index (χ0v) is 13.1. The number of nitrogens with two attached hydrogens (primary N) is 1. The third-order valence-corrected chi connectivity index (χ3v) is 4.15. The molecule has 2 saturated heterocycles. The third-order valence-electron chi connectivity index (χ3n) is 4.15. The van der Waals surface area contributed by atoms with Crippen molar-refractivity contribution < 1.29 is 14.3 Å². The number of carbonyl (C=O) groups is 2. The van der Waals surface area contributed by atoms with Crippen molar-refractivity contribution in [1.82, 2.24) is 9.80 Å². The minimum atomic E-state index is -0.426. The van der Waals surface area contributed by atoms with Gasteiger partial charge in [-0.2, -0.15) is 0 Å². The summed E-state index contributed by atoms with van der Waals surface area (Å²) in [6.45, 7) is 7.11. The SMILES string of the molecule is CC(C)CC(N)C(=O)N1CCN(C(=O)C2CCCO2)CC1. The van der Waals surface area contributed by atoms with Gasteiger partial charge in [0.05, 0.1) is 6.04 Å². The van der Waals surface area contributed by atoms with Gasteiger partial charge in [-0.15, -0.1) is 0 Å². The summed E-state index contributed by atoms with van der Waals surface area (Å²) in [5.41, 5.74) is 5.95. The van der Waals surface area contributed by atoms with Gasteiger partial charge < -0.3 is 20.3 Å². The molecule has 6 heteroatoms. The van der Waals surface area contributed by atoms with Crippen molar-refractivity contribution in [2.75, 3.05) is 32.8 Å². The molecule has 0 aromatic carbocycles. The lowest BCUT2D eigenvalue weighted by molar-refractivity contribution is -0.146. The second-order valence-corrected chi connectivity index (χ2v) is 6.39.